The van der Waals surface area contributed by atoms with Crippen molar-refractivity contribution in [1.82, 2.24) is 4.90 Å². The summed E-state index contributed by atoms with van der Waals surface area (Å²) in [6.45, 7) is 2.54. The number of likely N-dealkylation sites (N-methyl/N-ethyl adjacent to an activating group) is 1. The first kappa shape index (κ1) is 15.6. The van der Waals surface area contributed by atoms with Gasteiger partial charge in [0, 0.05) is 19.7 Å². The highest BCUT2D eigenvalue weighted by Gasteiger charge is 2.30. The molecule has 0 saturated carbocycles. The van der Waals surface area contributed by atoms with Gasteiger partial charge in [0.1, 0.15) is 5.75 Å². The summed E-state index contributed by atoms with van der Waals surface area (Å²) in [6, 6.07) is 12.1. The third-order valence-electron chi connectivity index (χ3n) is 3.70. The molecule has 2 aromatic carbocycles. The molecule has 0 aliphatic carbocycles. The largest absolute Gasteiger partial charge is 0.493 e. The van der Waals surface area contributed by atoms with E-state index in [4.69, 9.17) is 4.74 Å². The van der Waals surface area contributed by atoms with Crippen LogP contribution in [0.15, 0.2) is 46.3 Å². The topological polar surface area (TPSA) is 41.9 Å². The third-order valence-corrected chi connectivity index (χ3v) is 4.85. The second-order valence-electron chi connectivity index (χ2n) is 5.11. The second-order valence-corrected chi connectivity index (χ2v) is 6.12. The maximum atomic E-state index is 12.4. The number of benzene rings is 2. The van der Waals surface area contributed by atoms with Gasteiger partial charge in [-0.25, -0.2) is 0 Å². The van der Waals surface area contributed by atoms with Crippen LogP contribution in [0.2, 0.25) is 0 Å². The number of carbonyl (C=O) groups is 1. The van der Waals surface area contributed by atoms with Crippen molar-refractivity contribution in [2.75, 3.05) is 20.7 Å². The van der Waals surface area contributed by atoms with Gasteiger partial charge in [0.2, 0.25) is 0 Å². The minimum Gasteiger partial charge on any atom is -0.493 e. The van der Waals surface area contributed by atoms with Crippen molar-refractivity contribution in [3.05, 3.63) is 46.9 Å². The summed E-state index contributed by atoms with van der Waals surface area (Å²) in [6.07, 6.45) is 1.91. The summed E-state index contributed by atoms with van der Waals surface area (Å²) in [5.41, 5.74) is 0.937. The van der Waals surface area contributed by atoms with E-state index in [9.17, 15) is 4.79 Å². The van der Waals surface area contributed by atoms with Crippen molar-refractivity contribution in [1.29, 1.82) is 0 Å². The fourth-order valence-corrected chi connectivity index (χ4v) is 3.50. The van der Waals surface area contributed by atoms with Crippen molar-refractivity contribution < 1.29 is 9.53 Å². The molecule has 0 aromatic heterocycles. The quantitative estimate of drug-likeness (QED) is 0.806. The minimum absolute atomic E-state index is 0.0361. The summed E-state index contributed by atoms with van der Waals surface area (Å²) in [4.78, 5) is 18.8. The van der Waals surface area contributed by atoms with Crippen molar-refractivity contribution in [3.8, 4) is 5.75 Å². The molecule has 1 aliphatic rings. The molecule has 0 bridgehead atoms. The second kappa shape index (κ2) is 6.46. The van der Waals surface area contributed by atoms with E-state index in [-0.39, 0.29) is 5.91 Å². The molecule has 1 aliphatic heterocycles. The van der Waals surface area contributed by atoms with E-state index in [0.717, 1.165) is 22.1 Å². The molecule has 0 unspecified atom stereocenters. The zero-order valence-electron chi connectivity index (χ0n) is 13.4. The summed E-state index contributed by atoms with van der Waals surface area (Å²) in [5, 5.41) is 2.90. The van der Waals surface area contributed by atoms with E-state index in [0.29, 0.717) is 16.7 Å². The van der Waals surface area contributed by atoms with Crippen LogP contribution in [-0.2, 0) is 4.79 Å². The normalized spacial score (nSPS) is 18.4. The molecule has 5 heteroatoms. The van der Waals surface area contributed by atoms with E-state index in [1.165, 1.54) is 11.8 Å². The van der Waals surface area contributed by atoms with Crippen LogP contribution in [0.5, 0.6) is 5.75 Å². The number of rotatable bonds is 3. The molecule has 118 valence electrons. The number of hydrogen-bond donors (Lipinski definition) is 0. The maximum Gasteiger partial charge on any atom is 0.266 e. The average Bonchev–Trinajstić information content (AvgIpc) is 2.85. The van der Waals surface area contributed by atoms with Gasteiger partial charge in [-0.3, -0.25) is 14.7 Å². The molecule has 1 amide bonds. The Labute approximate surface area is 139 Å². The molecule has 0 atom stereocenters. The number of fused-ring (bicyclic) bond motifs is 1. The van der Waals surface area contributed by atoms with Gasteiger partial charge in [0.15, 0.2) is 5.17 Å². The highest BCUT2D eigenvalue weighted by Crippen LogP contribution is 2.36. The number of ether oxygens (including phenoxy) is 1. The van der Waals surface area contributed by atoms with Crippen LogP contribution in [0, 0.1) is 0 Å². The summed E-state index contributed by atoms with van der Waals surface area (Å²) in [5.74, 6) is 0.752. The number of amides is 1. The molecule has 2 aromatic rings. The first-order chi connectivity index (χ1) is 11.2. The van der Waals surface area contributed by atoms with Crippen LogP contribution < -0.4 is 4.74 Å². The number of hydrogen-bond acceptors (Lipinski definition) is 4. The predicted molar refractivity (Wildman–Crippen MR) is 96.8 cm³/mol. The number of aliphatic imine (C=N–C) groups is 1. The molecule has 0 radical (unpaired) electrons. The van der Waals surface area contributed by atoms with E-state index in [2.05, 4.69) is 11.1 Å². The predicted octanol–water partition coefficient (Wildman–Crippen LogP) is 3.77. The SMILES string of the molecule is CCOc1ccc2ccccc2c1/C=C1/SC(=NC)N(C)C1=O. The molecule has 4 nitrogen and oxygen atoms in total. The lowest BCUT2D eigenvalue weighted by Gasteiger charge is -2.11. The molecule has 1 saturated heterocycles. The zero-order valence-corrected chi connectivity index (χ0v) is 14.2. The highest BCUT2D eigenvalue weighted by molar-refractivity contribution is 8.18. The van der Waals surface area contributed by atoms with Crippen molar-refractivity contribution >= 4 is 39.7 Å². The van der Waals surface area contributed by atoms with Gasteiger partial charge in [-0.1, -0.05) is 30.3 Å². The Morgan fingerprint density at radius 1 is 1.26 bits per heavy atom. The number of amidine groups is 1. The Hall–Kier alpha value is -2.27. The fraction of sp³-hybridized carbons (Fsp3) is 0.222. The van der Waals surface area contributed by atoms with Gasteiger partial charge in [-0.05, 0) is 41.6 Å². The number of carbonyl (C=O) groups excluding carboxylic acids is 1. The van der Waals surface area contributed by atoms with Crippen LogP contribution in [0.3, 0.4) is 0 Å². The molecule has 0 N–H and O–H groups in total. The number of thioether (sulfide) groups is 1. The van der Waals surface area contributed by atoms with Crippen molar-refractivity contribution in [2.45, 2.75) is 6.92 Å². The smallest absolute Gasteiger partial charge is 0.266 e. The van der Waals surface area contributed by atoms with Gasteiger partial charge >= 0.3 is 0 Å². The van der Waals surface area contributed by atoms with Crippen LogP contribution in [-0.4, -0.2) is 36.7 Å². The van der Waals surface area contributed by atoms with Gasteiger partial charge < -0.3 is 4.74 Å². The van der Waals surface area contributed by atoms with Crippen molar-refractivity contribution in [3.63, 3.8) is 0 Å². The van der Waals surface area contributed by atoms with E-state index in [1.807, 2.05) is 43.3 Å². The summed E-state index contributed by atoms with van der Waals surface area (Å²) < 4.78 is 5.76. The Morgan fingerprint density at radius 3 is 2.74 bits per heavy atom. The highest BCUT2D eigenvalue weighted by atomic mass is 32.2. The van der Waals surface area contributed by atoms with Gasteiger partial charge in [0.05, 0.1) is 11.5 Å². The van der Waals surface area contributed by atoms with Gasteiger partial charge in [-0.2, -0.15) is 0 Å². The Morgan fingerprint density at radius 2 is 2.04 bits per heavy atom. The Balaban J connectivity index is 2.17. The lowest BCUT2D eigenvalue weighted by molar-refractivity contribution is -0.121. The first-order valence-corrected chi connectivity index (χ1v) is 8.26. The van der Waals surface area contributed by atoms with Crippen LogP contribution >= 0.6 is 11.8 Å². The molecule has 3 rings (SSSR count). The summed E-state index contributed by atoms with van der Waals surface area (Å²) in [7, 11) is 3.43. The standard InChI is InChI=1S/C18H18N2O2S/c1-4-22-15-10-9-12-7-5-6-8-13(12)14(15)11-16-17(21)20(3)18(19-2)23-16/h5-11H,4H2,1-3H3/b16-11+,19-18?. The Bertz CT molecular complexity index is 827. The zero-order chi connectivity index (χ0) is 16.4. The van der Waals surface area contributed by atoms with Gasteiger partial charge in [-0.15, -0.1) is 0 Å². The van der Waals surface area contributed by atoms with Crippen LogP contribution in [0.1, 0.15) is 12.5 Å². The lowest BCUT2D eigenvalue weighted by atomic mass is 10.0. The van der Waals surface area contributed by atoms with Crippen LogP contribution in [0.4, 0.5) is 0 Å². The molecular weight excluding hydrogens is 308 g/mol. The Kier molecular flexibility index (Phi) is 4.39. The number of nitrogens with zero attached hydrogens (tertiary/aromatic N) is 2. The molecule has 23 heavy (non-hydrogen) atoms. The van der Waals surface area contributed by atoms with E-state index in [1.54, 1.807) is 19.0 Å². The summed E-state index contributed by atoms with van der Waals surface area (Å²) >= 11 is 1.39. The molecule has 1 fully saturated rings. The average molecular weight is 326 g/mol. The first-order valence-electron chi connectivity index (χ1n) is 7.44. The molecule has 0 spiro atoms. The van der Waals surface area contributed by atoms with E-state index < -0.39 is 0 Å². The monoisotopic (exact) mass is 326 g/mol. The molecule has 1 heterocycles. The van der Waals surface area contributed by atoms with Crippen molar-refractivity contribution in [2.24, 2.45) is 4.99 Å². The van der Waals surface area contributed by atoms with E-state index >= 15 is 0 Å². The van der Waals surface area contributed by atoms with Gasteiger partial charge in [0.25, 0.3) is 5.91 Å². The lowest BCUT2D eigenvalue weighted by Crippen LogP contribution is -2.23. The van der Waals surface area contributed by atoms with Crippen LogP contribution in [0.25, 0.3) is 16.8 Å². The maximum absolute atomic E-state index is 12.4. The fourth-order valence-electron chi connectivity index (χ4n) is 2.59. The minimum atomic E-state index is -0.0361. The third kappa shape index (κ3) is 2.84. The molecular formula is C18H18N2O2S.